The third-order valence-corrected chi connectivity index (χ3v) is 1.94. The topological polar surface area (TPSA) is 46.5 Å². The molecule has 0 rings (SSSR count). The van der Waals surface area contributed by atoms with E-state index in [4.69, 9.17) is 5.11 Å². The summed E-state index contributed by atoms with van der Waals surface area (Å²) in [7, 11) is 0. The molecule has 0 saturated heterocycles. The zero-order valence-electron chi connectivity index (χ0n) is 9.26. The van der Waals surface area contributed by atoms with Gasteiger partial charge < -0.3 is 9.84 Å². The van der Waals surface area contributed by atoms with Gasteiger partial charge in [-0.3, -0.25) is 0 Å². The second-order valence-corrected chi connectivity index (χ2v) is 3.59. The van der Waals surface area contributed by atoms with E-state index >= 15 is 0 Å². The molecule has 0 aliphatic rings. The highest BCUT2D eigenvalue weighted by Gasteiger charge is 2.40. The Balaban J connectivity index is 4.24. The summed E-state index contributed by atoms with van der Waals surface area (Å²) in [6.07, 6.45) is -6.73. The first-order valence-corrected chi connectivity index (χ1v) is 4.84. The van der Waals surface area contributed by atoms with Gasteiger partial charge in [-0.1, -0.05) is 6.58 Å². The highest BCUT2D eigenvalue weighted by molar-refractivity contribution is 5.87. The first-order chi connectivity index (χ1) is 7.70. The molecule has 0 aromatic carbocycles. The molecule has 0 aromatic heterocycles. The van der Waals surface area contributed by atoms with Crippen LogP contribution in [0.25, 0.3) is 0 Å². The van der Waals surface area contributed by atoms with Gasteiger partial charge in [0.1, 0.15) is 6.10 Å². The average Bonchev–Trinajstić information content (AvgIpc) is 2.23. The molecule has 100 valence electrons. The van der Waals surface area contributed by atoms with Gasteiger partial charge in [0.15, 0.2) is 0 Å². The summed E-state index contributed by atoms with van der Waals surface area (Å²) in [5, 5.41) is 8.75. The monoisotopic (exact) mass is 258 g/mol. The maximum Gasteiger partial charge on any atom is 0.333 e. The smallest absolute Gasteiger partial charge is 0.333 e. The Morgan fingerprint density at radius 2 is 2.00 bits per heavy atom. The molecule has 0 amide bonds. The van der Waals surface area contributed by atoms with Gasteiger partial charge in [0.05, 0.1) is 6.61 Å². The number of carbonyl (C=O) groups excluding carboxylic acids is 1. The fourth-order valence-corrected chi connectivity index (χ4v) is 0.902. The predicted octanol–water partition coefficient (Wildman–Crippen LogP) is 2.15. The zero-order valence-corrected chi connectivity index (χ0v) is 9.26. The van der Waals surface area contributed by atoms with Gasteiger partial charge in [0.25, 0.3) is 0 Å². The van der Waals surface area contributed by atoms with Crippen molar-refractivity contribution in [3.63, 3.8) is 0 Å². The number of aliphatic hydroxyl groups excluding tert-OH is 1. The minimum absolute atomic E-state index is 0.0315. The zero-order chi connectivity index (χ0) is 13.6. The molecular weight excluding hydrogens is 244 g/mol. The Morgan fingerprint density at radius 1 is 1.47 bits per heavy atom. The molecule has 3 nitrogen and oxygen atoms in total. The lowest BCUT2D eigenvalue weighted by Crippen LogP contribution is -2.30. The predicted molar refractivity (Wildman–Crippen MR) is 52.0 cm³/mol. The number of aliphatic hydroxyl groups is 1. The minimum atomic E-state index is -4.15. The number of rotatable bonds is 7. The van der Waals surface area contributed by atoms with Crippen molar-refractivity contribution < 1.29 is 32.2 Å². The summed E-state index contributed by atoms with van der Waals surface area (Å²) in [5.41, 5.74) is 0.0315. The van der Waals surface area contributed by atoms with Crippen LogP contribution < -0.4 is 0 Å². The van der Waals surface area contributed by atoms with Crippen molar-refractivity contribution in [1.82, 2.24) is 0 Å². The Bertz CT molecular complexity index is 279. The van der Waals surface area contributed by atoms with Crippen LogP contribution in [0.2, 0.25) is 0 Å². The summed E-state index contributed by atoms with van der Waals surface area (Å²) in [5.74, 6) is -5.01. The maximum absolute atomic E-state index is 12.5. The summed E-state index contributed by atoms with van der Waals surface area (Å²) >= 11 is 0. The van der Waals surface area contributed by atoms with E-state index in [0.717, 1.165) is 0 Å². The molecule has 0 radical (unpaired) electrons. The maximum atomic E-state index is 12.5. The van der Waals surface area contributed by atoms with Crippen LogP contribution in [0.4, 0.5) is 17.6 Å². The Morgan fingerprint density at radius 3 is 2.35 bits per heavy atom. The SMILES string of the molecule is C=C(C)C(=O)OC(CO)CCC(F)(F)C(F)F. The van der Waals surface area contributed by atoms with Crippen molar-refractivity contribution in [2.75, 3.05) is 6.61 Å². The standard InChI is InChI=1S/C10H14F4O3/c1-6(2)8(16)17-7(5-15)3-4-10(13,14)9(11)12/h7,9,15H,1,3-5H2,2H3. The van der Waals surface area contributed by atoms with Gasteiger partial charge in [-0.2, -0.15) is 0 Å². The Hall–Kier alpha value is -1.11. The molecule has 0 aliphatic carbocycles. The molecule has 7 heteroatoms. The van der Waals surface area contributed by atoms with Crippen LogP contribution in [0.1, 0.15) is 19.8 Å². The highest BCUT2D eigenvalue weighted by atomic mass is 19.3. The van der Waals surface area contributed by atoms with E-state index in [1.54, 1.807) is 0 Å². The quantitative estimate of drug-likeness (QED) is 0.432. The number of hydrogen-bond acceptors (Lipinski definition) is 3. The number of halogens is 4. The van der Waals surface area contributed by atoms with Crippen LogP contribution in [0, 0.1) is 0 Å². The lowest BCUT2D eigenvalue weighted by molar-refractivity contribution is -0.154. The number of alkyl halides is 4. The van der Waals surface area contributed by atoms with Crippen LogP contribution in [0.3, 0.4) is 0 Å². The largest absolute Gasteiger partial charge is 0.457 e. The third-order valence-electron chi connectivity index (χ3n) is 1.94. The first-order valence-electron chi connectivity index (χ1n) is 4.84. The lowest BCUT2D eigenvalue weighted by Gasteiger charge is -2.19. The molecule has 0 fully saturated rings. The molecule has 0 saturated carbocycles. The van der Waals surface area contributed by atoms with Gasteiger partial charge in [-0.15, -0.1) is 0 Å². The fourth-order valence-electron chi connectivity index (χ4n) is 0.902. The van der Waals surface area contributed by atoms with E-state index in [2.05, 4.69) is 11.3 Å². The second-order valence-electron chi connectivity index (χ2n) is 3.59. The van der Waals surface area contributed by atoms with Gasteiger partial charge in [-0.05, 0) is 13.3 Å². The van der Waals surface area contributed by atoms with Gasteiger partial charge in [0, 0.05) is 12.0 Å². The van der Waals surface area contributed by atoms with Crippen LogP contribution in [-0.4, -0.2) is 36.1 Å². The Labute approximate surface area is 96.1 Å². The number of hydrogen-bond donors (Lipinski definition) is 1. The normalized spacial score (nSPS) is 13.6. The Kier molecular flexibility index (Phi) is 6.15. The van der Waals surface area contributed by atoms with Crippen LogP contribution in [-0.2, 0) is 9.53 Å². The third kappa shape index (κ3) is 5.67. The average molecular weight is 258 g/mol. The molecule has 1 atom stereocenters. The van der Waals surface area contributed by atoms with Crippen molar-refractivity contribution >= 4 is 5.97 Å². The van der Waals surface area contributed by atoms with Crippen molar-refractivity contribution in [3.05, 3.63) is 12.2 Å². The molecule has 0 aromatic rings. The van der Waals surface area contributed by atoms with E-state index in [1.807, 2.05) is 0 Å². The van der Waals surface area contributed by atoms with Crippen molar-refractivity contribution in [1.29, 1.82) is 0 Å². The summed E-state index contributed by atoms with van der Waals surface area (Å²) in [6.45, 7) is 3.88. The number of carbonyl (C=O) groups is 1. The van der Waals surface area contributed by atoms with E-state index in [-0.39, 0.29) is 5.57 Å². The molecule has 0 aliphatic heterocycles. The second kappa shape index (κ2) is 6.58. The van der Waals surface area contributed by atoms with Crippen LogP contribution >= 0.6 is 0 Å². The highest BCUT2D eigenvalue weighted by Crippen LogP contribution is 2.29. The van der Waals surface area contributed by atoms with Crippen molar-refractivity contribution in [2.45, 2.75) is 38.2 Å². The molecule has 17 heavy (non-hydrogen) atoms. The lowest BCUT2D eigenvalue weighted by atomic mass is 10.1. The van der Waals surface area contributed by atoms with Gasteiger partial charge in [-0.25, -0.2) is 22.4 Å². The number of ether oxygens (including phenoxy) is 1. The van der Waals surface area contributed by atoms with E-state index < -0.39 is 43.9 Å². The van der Waals surface area contributed by atoms with Crippen LogP contribution in [0.5, 0.6) is 0 Å². The summed E-state index contributed by atoms with van der Waals surface area (Å²) < 4.78 is 53.3. The van der Waals surface area contributed by atoms with E-state index in [9.17, 15) is 22.4 Å². The molecule has 0 bridgehead atoms. The molecular formula is C10H14F4O3. The summed E-state index contributed by atoms with van der Waals surface area (Å²) in [6, 6.07) is 0. The van der Waals surface area contributed by atoms with Crippen molar-refractivity contribution in [2.24, 2.45) is 0 Å². The molecule has 0 spiro atoms. The van der Waals surface area contributed by atoms with Gasteiger partial charge >= 0.3 is 18.3 Å². The molecule has 1 unspecified atom stereocenters. The molecule has 1 N–H and O–H groups in total. The van der Waals surface area contributed by atoms with E-state index in [1.165, 1.54) is 6.92 Å². The van der Waals surface area contributed by atoms with E-state index in [0.29, 0.717) is 0 Å². The van der Waals surface area contributed by atoms with Crippen LogP contribution in [0.15, 0.2) is 12.2 Å². The fraction of sp³-hybridized carbons (Fsp3) is 0.700. The van der Waals surface area contributed by atoms with Gasteiger partial charge in [0.2, 0.25) is 0 Å². The molecule has 0 heterocycles. The van der Waals surface area contributed by atoms with Crippen molar-refractivity contribution in [3.8, 4) is 0 Å². The minimum Gasteiger partial charge on any atom is -0.457 e. The first kappa shape index (κ1) is 15.9. The summed E-state index contributed by atoms with van der Waals surface area (Å²) in [4.78, 5) is 11.0. The number of esters is 1.